The molecule has 0 bridgehead atoms. The SMILES string of the molecule is C[C@@H]1C[C@@H]1c1ccc(/C=N\n2c(-c3ccccc3Br)n[nH]c2=S)o1. The third-order valence-electron chi connectivity index (χ3n) is 4.19. The average molecular weight is 403 g/mol. The lowest BCUT2D eigenvalue weighted by molar-refractivity contribution is 0.500. The Kier molecular flexibility index (Phi) is 3.97. The predicted molar refractivity (Wildman–Crippen MR) is 98.8 cm³/mol. The zero-order valence-corrected chi connectivity index (χ0v) is 15.3. The average Bonchev–Trinajstić information content (AvgIpc) is 2.97. The first-order valence-electron chi connectivity index (χ1n) is 7.70. The molecule has 3 aromatic rings. The topological polar surface area (TPSA) is 59.1 Å². The number of furan rings is 1. The Bertz CT molecular complexity index is 971. The zero-order chi connectivity index (χ0) is 16.7. The molecule has 1 aromatic carbocycles. The summed E-state index contributed by atoms with van der Waals surface area (Å²) in [5.74, 6) is 3.66. The van der Waals surface area contributed by atoms with Crippen LogP contribution in [0.5, 0.6) is 0 Å². The van der Waals surface area contributed by atoms with E-state index in [0.29, 0.717) is 28.2 Å². The lowest BCUT2D eigenvalue weighted by Gasteiger charge is -2.02. The normalized spacial score (nSPS) is 19.9. The number of hydrogen-bond donors (Lipinski definition) is 1. The summed E-state index contributed by atoms with van der Waals surface area (Å²) >= 11 is 8.82. The van der Waals surface area contributed by atoms with Gasteiger partial charge in [0.15, 0.2) is 5.82 Å². The van der Waals surface area contributed by atoms with Crippen LogP contribution in [0.2, 0.25) is 0 Å². The minimum atomic E-state index is 0.430. The van der Waals surface area contributed by atoms with Crippen LogP contribution in [0.15, 0.2) is 50.4 Å². The fraction of sp³-hybridized carbons (Fsp3) is 0.235. The minimum Gasteiger partial charge on any atom is -0.460 e. The molecule has 2 aromatic heterocycles. The summed E-state index contributed by atoms with van der Waals surface area (Å²) in [6.07, 6.45) is 2.87. The number of halogens is 1. The molecule has 5 nitrogen and oxygen atoms in total. The molecule has 0 amide bonds. The van der Waals surface area contributed by atoms with Gasteiger partial charge in [0.2, 0.25) is 4.77 Å². The maximum absolute atomic E-state index is 5.85. The van der Waals surface area contributed by atoms with Crippen LogP contribution in [0.25, 0.3) is 11.4 Å². The fourth-order valence-electron chi connectivity index (χ4n) is 2.69. The van der Waals surface area contributed by atoms with E-state index >= 15 is 0 Å². The fourth-order valence-corrected chi connectivity index (χ4v) is 3.33. The second kappa shape index (κ2) is 6.14. The standard InChI is InChI=1S/C17H15BrN4OS/c1-10-8-13(10)15-7-6-11(23-15)9-19-22-16(20-21-17(22)24)12-4-2-3-5-14(12)18/h2-7,9-10,13H,8H2,1H3,(H,21,24)/b19-9-/t10-,13+/m1/s1. The van der Waals surface area contributed by atoms with Gasteiger partial charge in [-0.2, -0.15) is 14.9 Å². The quantitative estimate of drug-likeness (QED) is 0.494. The van der Waals surface area contributed by atoms with Gasteiger partial charge in [-0.25, -0.2) is 5.10 Å². The Morgan fingerprint density at radius 3 is 2.92 bits per heavy atom. The van der Waals surface area contributed by atoms with E-state index in [2.05, 4.69) is 38.2 Å². The molecular formula is C17H15BrN4OS. The Hall–Kier alpha value is -1.99. The summed E-state index contributed by atoms with van der Waals surface area (Å²) in [5, 5.41) is 11.5. The molecule has 0 saturated heterocycles. The van der Waals surface area contributed by atoms with Crippen LogP contribution in [0, 0.1) is 10.7 Å². The van der Waals surface area contributed by atoms with Crippen molar-refractivity contribution in [2.75, 3.05) is 0 Å². The summed E-state index contributed by atoms with van der Waals surface area (Å²) < 4.78 is 8.80. The van der Waals surface area contributed by atoms with Crippen molar-refractivity contribution >= 4 is 34.4 Å². The molecular weight excluding hydrogens is 388 g/mol. The monoisotopic (exact) mass is 402 g/mol. The van der Waals surface area contributed by atoms with Gasteiger partial charge in [0, 0.05) is 16.0 Å². The third-order valence-corrected chi connectivity index (χ3v) is 5.14. The number of hydrogen-bond acceptors (Lipinski definition) is 4. The summed E-state index contributed by atoms with van der Waals surface area (Å²) in [6.45, 7) is 2.23. The van der Waals surface area contributed by atoms with Gasteiger partial charge >= 0.3 is 0 Å². The molecule has 1 aliphatic rings. The molecule has 1 aliphatic carbocycles. The molecule has 0 unspecified atom stereocenters. The van der Waals surface area contributed by atoms with Gasteiger partial charge in [-0.3, -0.25) is 0 Å². The minimum absolute atomic E-state index is 0.430. The van der Waals surface area contributed by atoms with E-state index in [-0.39, 0.29) is 0 Å². The first-order valence-corrected chi connectivity index (χ1v) is 8.90. The lowest BCUT2D eigenvalue weighted by atomic mass is 10.2. The Labute approximate surface area is 152 Å². The van der Waals surface area contributed by atoms with Crippen molar-refractivity contribution in [3.63, 3.8) is 0 Å². The summed E-state index contributed by atoms with van der Waals surface area (Å²) in [6, 6.07) is 11.8. The largest absolute Gasteiger partial charge is 0.460 e. The highest BCUT2D eigenvalue weighted by molar-refractivity contribution is 9.10. The van der Waals surface area contributed by atoms with Crippen LogP contribution in [0.3, 0.4) is 0 Å². The van der Waals surface area contributed by atoms with E-state index in [4.69, 9.17) is 16.6 Å². The van der Waals surface area contributed by atoms with Crippen LogP contribution in [0.1, 0.15) is 30.8 Å². The molecule has 2 atom stereocenters. The van der Waals surface area contributed by atoms with Crippen LogP contribution in [-0.2, 0) is 0 Å². The van der Waals surface area contributed by atoms with Crippen molar-refractivity contribution in [3.05, 3.63) is 57.2 Å². The molecule has 1 fully saturated rings. The van der Waals surface area contributed by atoms with Gasteiger partial charge < -0.3 is 4.42 Å². The lowest BCUT2D eigenvalue weighted by Crippen LogP contribution is -1.95. The first kappa shape index (κ1) is 15.5. The number of rotatable bonds is 4. The highest BCUT2D eigenvalue weighted by Crippen LogP contribution is 2.47. The van der Waals surface area contributed by atoms with E-state index in [9.17, 15) is 0 Å². The van der Waals surface area contributed by atoms with Crippen molar-refractivity contribution in [2.24, 2.45) is 11.0 Å². The van der Waals surface area contributed by atoms with E-state index in [0.717, 1.165) is 15.8 Å². The van der Waals surface area contributed by atoms with Crippen LogP contribution in [0.4, 0.5) is 0 Å². The number of nitrogens with one attached hydrogen (secondary N) is 1. The molecule has 24 heavy (non-hydrogen) atoms. The summed E-state index contributed by atoms with van der Waals surface area (Å²) in [4.78, 5) is 0. The third kappa shape index (κ3) is 2.89. The molecule has 4 rings (SSSR count). The van der Waals surface area contributed by atoms with Gasteiger partial charge in [-0.15, -0.1) is 0 Å². The number of benzene rings is 1. The van der Waals surface area contributed by atoms with Crippen molar-refractivity contribution in [2.45, 2.75) is 19.3 Å². The summed E-state index contributed by atoms with van der Waals surface area (Å²) in [5.41, 5.74) is 0.911. The molecule has 1 N–H and O–H groups in total. The summed E-state index contributed by atoms with van der Waals surface area (Å²) in [7, 11) is 0. The van der Waals surface area contributed by atoms with Gasteiger partial charge in [0.05, 0.1) is 6.21 Å². The van der Waals surface area contributed by atoms with Crippen LogP contribution >= 0.6 is 28.1 Å². The highest BCUT2D eigenvalue weighted by atomic mass is 79.9. The van der Waals surface area contributed by atoms with E-state index in [1.165, 1.54) is 6.42 Å². The van der Waals surface area contributed by atoms with Crippen molar-refractivity contribution in [1.82, 2.24) is 14.9 Å². The van der Waals surface area contributed by atoms with Crippen LogP contribution < -0.4 is 0 Å². The number of H-pyrrole nitrogens is 1. The number of aromatic nitrogens is 3. The van der Waals surface area contributed by atoms with Gasteiger partial charge in [0.25, 0.3) is 0 Å². The van der Waals surface area contributed by atoms with Gasteiger partial charge in [0.1, 0.15) is 11.5 Å². The Balaban J connectivity index is 1.65. The van der Waals surface area contributed by atoms with Gasteiger partial charge in [-0.1, -0.05) is 35.0 Å². The van der Waals surface area contributed by atoms with E-state index < -0.39 is 0 Å². The Morgan fingerprint density at radius 2 is 2.17 bits per heavy atom. The molecule has 122 valence electrons. The van der Waals surface area contributed by atoms with Crippen LogP contribution in [-0.4, -0.2) is 21.1 Å². The van der Waals surface area contributed by atoms with Crippen molar-refractivity contribution in [3.8, 4) is 11.4 Å². The molecule has 0 radical (unpaired) electrons. The Morgan fingerprint density at radius 1 is 1.38 bits per heavy atom. The molecule has 2 heterocycles. The highest BCUT2D eigenvalue weighted by Gasteiger charge is 2.36. The maximum atomic E-state index is 5.85. The zero-order valence-electron chi connectivity index (χ0n) is 12.9. The molecule has 1 saturated carbocycles. The van der Waals surface area contributed by atoms with E-state index in [1.54, 1.807) is 10.9 Å². The second-order valence-corrected chi connectivity index (χ2v) is 7.19. The van der Waals surface area contributed by atoms with Gasteiger partial charge in [-0.05, 0) is 48.8 Å². The predicted octanol–water partition coefficient (Wildman–Crippen LogP) is 4.97. The molecule has 0 spiro atoms. The molecule has 7 heteroatoms. The number of aromatic amines is 1. The van der Waals surface area contributed by atoms with Crippen molar-refractivity contribution < 1.29 is 4.42 Å². The maximum Gasteiger partial charge on any atom is 0.216 e. The smallest absolute Gasteiger partial charge is 0.216 e. The van der Waals surface area contributed by atoms with Crippen molar-refractivity contribution in [1.29, 1.82) is 0 Å². The van der Waals surface area contributed by atoms with E-state index in [1.807, 2.05) is 36.4 Å². The first-order chi connectivity index (χ1) is 11.6. The molecule has 0 aliphatic heterocycles. The second-order valence-electron chi connectivity index (χ2n) is 5.95. The number of nitrogens with zero attached hydrogens (tertiary/aromatic N) is 3.